The summed E-state index contributed by atoms with van der Waals surface area (Å²) >= 11 is 0. The quantitative estimate of drug-likeness (QED) is 0.524. The minimum Gasteiger partial charge on any atom is -0.379 e. The second-order valence-corrected chi connectivity index (χ2v) is 8.63. The maximum absolute atomic E-state index is 12.9. The standard InChI is InChI=1S/C25H27N5O4/c1-2-3-8-30-24(32)18-6-4-16(13-19(18)25(30)33)23(31)26-17-5-7-20-21(14-17)28-22(27-20)15-29-9-11-34-12-10-29/h4-7,13-14H,2-3,8-12,15H2,1H3,(H,26,31)(H,27,28). The van der Waals surface area contributed by atoms with Crippen molar-refractivity contribution in [3.8, 4) is 0 Å². The van der Waals surface area contributed by atoms with Crippen LogP contribution in [0.5, 0.6) is 0 Å². The maximum Gasteiger partial charge on any atom is 0.261 e. The van der Waals surface area contributed by atoms with Crippen LogP contribution in [0.1, 0.15) is 56.7 Å². The first-order chi connectivity index (χ1) is 16.5. The lowest BCUT2D eigenvalue weighted by molar-refractivity contribution is 0.0332. The van der Waals surface area contributed by atoms with Crippen molar-refractivity contribution in [3.63, 3.8) is 0 Å². The van der Waals surface area contributed by atoms with Crippen LogP contribution in [0, 0.1) is 0 Å². The van der Waals surface area contributed by atoms with E-state index in [2.05, 4.69) is 20.2 Å². The number of imidazole rings is 1. The zero-order valence-corrected chi connectivity index (χ0v) is 19.1. The van der Waals surface area contributed by atoms with Gasteiger partial charge in [0.2, 0.25) is 0 Å². The Balaban J connectivity index is 1.30. The van der Waals surface area contributed by atoms with Gasteiger partial charge in [-0.1, -0.05) is 13.3 Å². The summed E-state index contributed by atoms with van der Waals surface area (Å²) in [6.45, 7) is 6.34. The number of aromatic amines is 1. The molecular formula is C25H27N5O4. The molecule has 9 nitrogen and oxygen atoms in total. The Hall–Kier alpha value is -3.56. The number of fused-ring (bicyclic) bond motifs is 2. The van der Waals surface area contributed by atoms with Gasteiger partial charge in [0.15, 0.2) is 0 Å². The van der Waals surface area contributed by atoms with Crippen LogP contribution < -0.4 is 5.32 Å². The highest BCUT2D eigenvalue weighted by atomic mass is 16.5. The molecule has 5 rings (SSSR count). The summed E-state index contributed by atoms with van der Waals surface area (Å²) in [7, 11) is 0. The number of hydrogen-bond donors (Lipinski definition) is 2. The molecule has 1 fully saturated rings. The van der Waals surface area contributed by atoms with Gasteiger partial charge in [-0.2, -0.15) is 0 Å². The van der Waals surface area contributed by atoms with E-state index < -0.39 is 0 Å². The van der Waals surface area contributed by atoms with Crippen LogP contribution in [0.25, 0.3) is 11.0 Å². The molecule has 0 radical (unpaired) electrons. The van der Waals surface area contributed by atoms with E-state index in [9.17, 15) is 14.4 Å². The molecule has 2 aliphatic heterocycles. The molecule has 0 bridgehead atoms. The van der Waals surface area contributed by atoms with Gasteiger partial charge in [0.05, 0.1) is 41.9 Å². The highest BCUT2D eigenvalue weighted by Crippen LogP contribution is 2.25. The number of imide groups is 1. The summed E-state index contributed by atoms with van der Waals surface area (Å²) in [5, 5.41) is 2.88. The van der Waals surface area contributed by atoms with E-state index in [0.717, 1.165) is 62.5 Å². The molecule has 3 amide bonds. The summed E-state index contributed by atoms with van der Waals surface area (Å²) in [5.74, 6) is -0.106. The third kappa shape index (κ3) is 4.32. The van der Waals surface area contributed by atoms with Crippen LogP contribution in [0.4, 0.5) is 5.69 Å². The molecule has 2 aliphatic rings. The van der Waals surface area contributed by atoms with E-state index in [-0.39, 0.29) is 23.3 Å². The number of morpholine rings is 1. The largest absolute Gasteiger partial charge is 0.379 e. The van der Waals surface area contributed by atoms with Crippen molar-refractivity contribution >= 4 is 34.4 Å². The zero-order chi connectivity index (χ0) is 23.7. The number of aromatic nitrogens is 2. The minimum absolute atomic E-state index is 0.283. The van der Waals surface area contributed by atoms with Gasteiger partial charge in [-0.15, -0.1) is 0 Å². The number of H-pyrrole nitrogens is 1. The van der Waals surface area contributed by atoms with Gasteiger partial charge in [-0.3, -0.25) is 24.2 Å². The van der Waals surface area contributed by atoms with E-state index in [0.29, 0.717) is 23.4 Å². The third-order valence-electron chi connectivity index (χ3n) is 6.23. The van der Waals surface area contributed by atoms with Crippen LogP contribution in [-0.2, 0) is 11.3 Å². The Morgan fingerprint density at radius 1 is 1.09 bits per heavy atom. The van der Waals surface area contributed by atoms with E-state index in [1.807, 2.05) is 19.1 Å². The maximum atomic E-state index is 12.9. The van der Waals surface area contributed by atoms with Gasteiger partial charge in [-0.05, 0) is 42.8 Å². The van der Waals surface area contributed by atoms with E-state index >= 15 is 0 Å². The zero-order valence-electron chi connectivity index (χ0n) is 19.1. The summed E-state index contributed by atoms with van der Waals surface area (Å²) in [4.78, 5) is 49.6. The van der Waals surface area contributed by atoms with Crippen LogP contribution in [0.2, 0.25) is 0 Å². The van der Waals surface area contributed by atoms with Crippen molar-refractivity contribution < 1.29 is 19.1 Å². The van der Waals surface area contributed by atoms with Gasteiger partial charge in [0.1, 0.15) is 5.82 Å². The molecule has 9 heteroatoms. The predicted molar refractivity (Wildman–Crippen MR) is 127 cm³/mol. The average Bonchev–Trinajstić information content (AvgIpc) is 3.35. The van der Waals surface area contributed by atoms with E-state index in [1.54, 1.807) is 18.2 Å². The van der Waals surface area contributed by atoms with Gasteiger partial charge >= 0.3 is 0 Å². The Kier molecular flexibility index (Phi) is 6.12. The van der Waals surface area contributed by atoms with Gasteiger partial charge < -0.3 is 15.0 Å². The molecule has 1 saturated heterocycles. The fraction of sp³-hybridized carbons (Fsp3) is 0.360. The summed E-state index contributed by atoms with van der Waals surface area (Å²) in [6, 6.07) is 10.2. The molecule has 34 heavy (non-hydrogen) atoms. The molecule has 0 saturated carbocycles. The van der Waals surface area contributed by atoms with Gasteiger partial charge in [-0.25, -0.2) is 4.98 Å². The Labute approximate surface area is 197 Å². The van der Waals surface area contributed by atoms with Gasteiger partial charge in [0, 0.05) is 30.9 Å². The number of carbonyl (C=O) groups is 3. The van der Waals surface area contributed by atoms with Crippen molar-refractivity contribution in [1.29, 1.82) is 0 Å². The SMILES string of the molecule is CCCCN1C(=O)c2ccc(C(=O)Nc3ccc4nc(CN5CCOCC5)[nH]c4c3)cc2C1=O. The number of carbonyl (C=O) groups excluding carboxylic acids is 3. The number of benzene rings is 2. The highest BCUT2D eigenvalue weighted by Gasteiger charge is 2.35. The lowest BCUT2D eigenvalue weighted by Crippen LogP contribution is -2.35. The smallest absolute Gasteiger partial charge is 0.261 e. The molecule has 3 aromatic rings. The average molecular weight is 462 g/mol. The molecular weight excluding hydrogens is 434 g/mol. The number of rotatable bonds is 7. The molecule has 2 aromatic carbocycles. The lowest BCUT2D eigenvalue weighted by Gasteiger charge is -2.25. The second kappa shape index (κ2) is 9.36. The van der Waals surface area contributed by atoms with Crippen molar-refractivity contribution in [2.45, 2.75) is 26.3 Å². The van der Waals surface area contributed by atoms with Gasteiger partial charge in [0.25, 0.3) is 17.7 Å². The molecule has 0 spiro atoms. The normalized spacial score (nSPS) is 16.3. The summed E-state index contributed by atoms with van der Waals surface area (Å²) in [6.07, 6.45) is 1.64. The second-order valence-electron chi connectivity index (χ2n) is 8.63. The van der Waals surface area contributed by atoms with Crippen molar-refractivity contribution in [2.24, 2.45) is 0 Å². The molecule has 176 valence electrons. The van der Waals surface area contributed by atoms with Crippen molar-refractivity contribution in [2.75, 3.05) is 38.2 Å². The van der Waals surface area contributed by atoms with Crippen LogP contribution in [0.3, 0.4) is 0 Å². The number of nitrogens with zero attached hydrogens (tertiary/aromatic N) is 3. The fourth-order valence-corrected chi connectivity index (χ4v) is 4.34. The van der Waals surface area contributed by atoms with Crippen molar-refractivity contribution in [3.05, 3.63) is 58.9 Å². The molecule has 0 atom stereocenters. The first-order valence-electron chi connectivity index (χ1n) is 11.6. The first kappa shape index (κ1) is 22.2. The van der Waals surface area contributed by atoms with Crippen LogP contribution in [-0.4, -0.2) is 70.3 Å². The Bertz CT molecular complexity index is 1260. The fourth-order valence-electron chi connectivity index (χ4n) is 4.34. The first-order valence-corrected chi connectivity index (χ1v) is 11.6. The van der Waals surface area contributed by atoms with E-state index in [4.69, 9.17) is 4.74 Å². The van der Waals surface area contributed by atoms with Crippen molar-refractivity contribution in [1.82, 2.24) is 19.8 Å². The minimum atomic E-state index is -0.345. The Morgan fingerprint density at radius 2 is 1.88 bits per heavy atom. The molecule has 0 aliphatic carbocycles. The number of nitrogens with one attached hydrogen (secondary N) is 2. The lowest BCUT2D eigenvalue weighted by atomic mass is 10.1. The number of anilines is 1. The molecule has 2 N–H and O–H groups in total. The summed E-state index contributed by atoms with van der Waals surface area (Å²) < 4.78 is 5.39. The number of unbranched alkanes of at least 4 members (excludes halogenated alkanes) is 1. The summed E-state index contributed by atoms with van der Waals surface area (Å²) in [5.41, 5.74) is 3.24. The highest BCUT2D eigenvalue weighted by molar-refractivity contribution is 6.22. The van der Waals surface area contributed by atoms with E-state index in [1.165, 1.54) is 11.0 Å². The third-order valence-corrected chi connectivity index (χ3v) is 6.23. The number of amides is 3. The predicted octanol–water partition coefficient (Wildman–Crippen LogP) is 3.04. The molecule has 1 aromatic heterocycles. The van der Waals surface area contributed by atoms with Crippen LogP contribution in [0.15, 0.2) is 36.4 Å². The Morgan fingerprint density at radius 3 is 2.68 bits per heavy atom. The monoisotopic (exact) mass is 461 g/mol. The van der Waals surface area contributed by atoms with Crippen LogP contribution >= 0.6 is 0 Å². The number of hydrogen-bond acceptors (Lipinski definition) is 6. The molecule has 0 unspecified atom stereocenters. The number of ether oxygens (including phenoxy) is 1. The topological polar surface area (TPSA) is 108 Å². The molecule has 3 heterocycles.